The van der Waals surface area contributed by atoms with Crippen LogP contribution in [0, 0.1) is 6.92 Å². The van der Waals surface area contributed by atoms with E-state index in [1.807, 2.05) is 0 Å². The fourth-order valence-corrected chi connectivity index (χ4v) is 4.92. The zero-order valence-corrected chi connectivity index (χ0v) is 18.1. The van der Waals surface area contributed by atoms with Crippen LogP contribution in [0.25, 0.3) is 0 Å². The van der Waals surface area contributed by atoms with Crippen LogP contribution in [0.3, 0.4) is 0 Å². The number of nitrogens with zero attached hydrogens (tertiary/aromatic N) is 5. The van der Waals surface area contributed by atoms with E-state index in [-0.39, 0.29) is 0 Å². The van der Waals surface area contributed by atoms with Crippen LogP contribution in [0.1, 0.15) is 41.6 Å². The predicted molar refractivity (Wildman–Crippen MR) is 120 cm³/mol. The third-order valence-electron chi connectivity index (χ3n) is 6.54. The molecule has 30 heavy (non-hydrogen) atoms. The van der Waals surface area contributed by atoms with E-state index in [1.165, 1.54) is 47.5 Å². The second-order valence-corrected chi connectivity index (χ2v) is 8.87. The Balaban J connectivity index is 1.43. The Morgan fingerprint density at radius 1 is 0.933 bits per heavy atom. The first-order chi connectivity index (χ1) is 14.8. The van der Waals surface area contributed by atoms with Crippen molar-refractivity contribution in [2.75, 3.05) is 55.7 Å². The molecule has 0 spiro atoms. The van der Waals surface area contributed by atoms with Crippen LogP contribution in [0.15, 0.2) is 24.3 Å². The first kappa shape index (κ1) is 19.8. The number of aryl methyl sites for hydroxylation is 1. The Morgan fingerprint density at radius 3 is 2.57 bits per heavy atom. The summed E-state index contributed by atoms with van der Waals surface area (Å²) >= 11 is 0. The summed E-state index contributed by atoms with van der Waals surface area (Å²) in [7, 11) is 0. The third-order valence-corrected chi connectivity index (χ3v) is 6.54. The van der Waals surface area contributed by atoms with Crippen molar-refractivity contribution in [3.8, 4) is 0 Å². The normalized spacial score (nSPS) is 20.3. The number of benzene rings is 1. The maximum atomic E-state index is 5.55. The van der Waals surface area contributed by atoms with Crippen LogP contribution >= 0.6 is 0 Å². The van der Waals surface area contributed by atoms with Crippen molar-refractivity contribution in [2.45, 2.75) is 45.7 Å². The molecule has 0 N–H and O–H groups in total. The van der Waals surface area contributed by atoms with Gasteiger partial charge in [0.25, 0.3) is 0 Å². The Kier molecular flexibility index (Phi) is 5.86. The molecule has 0 bridgehead atoms. The monoisotopic (exact) mass is 407 g/mol. The Labute approximate surface area is 179 Å². The molecule has 4 heterocycles. The number of anilines is 2. The lowest BCUT2D eigenvalue weighted by Crippen LogP contribution is -2.40. The lowest BCUT2D eigenvalue weighted by atomic mass is 10.0. The summed E-state index contributed by atoms with van der Waals surface area (Å²) in [5.74, 6) is 2.10. The quantitative estimate of drug-likeness (QED) is 0.776. The summed E-state index contributed by atoms with van der Waals surface area (Å²) in [5.41, 5.74) is 5.33. The van der Waals surface area contributed by atoms with Crippen molar-refractivity contribution < 1.29 is 4.74 Å². The minimum absolute atomic E-state index is 0.768. The van der Waals surface area contributed by atoms with Crippen LogP contribution in [-0.4, -0.2) is 60.8 Å². The van der Waals surface area contributed by atoms with E-state index >= 15 is 0 Å². The number of hydrogen-bond acceptors (Lipinski definition) is 6. The second-order valence-electron chi connectivity index (χ2n) is 8.87. The molecule has 0 unspecified atom stereocenters. The van der Waals surface area contributed by atoms with Gasteiger partial charge in [-0.1, -0.05) is 29.8 Å². The van der Waals surface area contributed by atoms with Gasteiger partial charge in [0.15, 0.2) is 0 Å². The van der Waals surface area contributed by atoms with Crippen molar-refractivity contribution in [2.24, 2.45) is 0 Å². The molecule has 2 fully saturated rings. The molecule has 0 atom stereocenters. The highest BCUT2D eigenvalue weighted by Gasteiger charge is 2.27. The Hall–Kier alpha value is -2.18. The van der Waals surface area contributed by atoms with Crippen LogP contribution < -0.4 is 9.80 Å². The highest BCUT2D eigenvalue weighted by molar-refractivity contribution is 5.54. The number of morpholine rings is 1. The number of ether oxygens (including phenoxy) is 1. The lowest BCUT2D eigenvalue weighted by Gasteiger charge is -2.36. The molecule has 5 rings (SSSR count). The summed E-state index contributed by atoms with van der Waals surface area (Å²) < 4.78 is 5.55. The van der Waals surface area contributed by atoms with E-state index < -0.39 is 0 Å². The molecule has 6 nitrogen and oxygen atoms in total. The average molecular weight is 408 g/mol. The molecule has 1 aromatic heterocycles. The van der Waals surface area contributed by atoms with E-state index in [0.29, 0.717) is 0 Å². The molecule has 2 aromatic rings. The van der Waals surface area contributed by atoms with Crippen molar-refractivity contribution in [1.82, 2.24) is 14.9 Å². The molecule has 3 aliphatic heterocycles. The molecule has 0 saturated carbocycles. The number of aromatic nitrogens is 2. The van der Waals surface area contributed by atoms with Gasteiger partial charge in [0.1, 0.15) is 5.82 Å². The van der Waals surface area contributed by atoms with Crippen molar-refractivity contribution in [1.29, 1.82) is 0 Å². The van der Waals surface area contributed by atoms with Crippen molar-refractivity contribution in [3.63, 3.8) is 0 Å². The maximum absolute atomic E-state index is 5.55. The molecule has 0 amide bonds. The summed E-state index contributed by atoms with van der Waals surface area (Å²) in [6.07, 6.45) is 4.86. The second kappa shape index (κ2) is 8.90. The highest BCUT2D eigenvalue weighted by atomic mass is 16.5. The van der Waals surface area contributed by atoms with Gasteiger partial charge in [-0.3, -0.25) is 4.90 Å². The van der Waals surface area contributed by atoms with E-state index in [4.69, 9.17) is 14.7 Å². The molecule has 3 aliphatic rings. The number of piperidine rings is 1. The summed E-state index contributed by atoms with van der Waals surface area (Å²) in [5, 5.41) is 0. The average Bonchev–Trinajstić information content (AvgIpc) is 2.79. The Morgan fingerprint density at radius 2 is 1.77 bits per heavy atom. The zero-order chi connectivity index (χ0) is 20.3. The lowest BCUT2D eigenvalue weighted by molar-refractivity contribution is 0.122. The van der Waals surface area contributed by atoms with Crippen molar-refractivity contribution >= 4 is 11.8 Å². The van der Waals surface area contributed by atoms with Gasteiger partial charge in [0.05, 0.1) is 18.9 Å². The maximum Gasteiger partial charge on any atom is 0.227 e. The minimum atomic E-state index is 0.768. The zero-order valence-electron chi connectivity index (χ0n) is 18.1. The molecule has 2 saturated heterocycles. The summed E-state index contributed by atoms with van der Waals surface area (Å²) in [6.45, 7) is 10.7. The molecule has 1 aromatic carbocycles. The molecular weight excluding hydrogens is 374 g/mol. The van der Waals surface area contributed by atoms with Gasteiger partial charge in [0, 0.05) is 57.8 Å². The first-order valence-electron chi connectivity index (χ1n) is 11.5. The number of fused-ring (bicyclic) bond motifs is 1. The van der Waals surface area contributed by atoms with Gasteiger partial charge in [-0.2, -0.15) is 4.98 Å². The molecule has 160 valence electrons. The van der Waals surface area contributed by atoms with Crippen LogP contribution in [0.5, 0.6) is 0 Å². The van der Waals surface area contributed by atoms with E-state index in [2.05, 4.69) is 45.9 Å². The fourth-order valence-electron chi connectivity index (χ4n) is 4.92. The van der Waals surface area contributed by atoms with Gasteiger partial charge >= 0.3 is 0 Å². The third kappa shape index (κ3) is 4.30. The van der Waals surface area contributed by atoms with Gasteiger partial charge in [-0.05, 0) is 31.7 Å². The van der Waals surface area contributed by atoms with Gasteiger partial charge in [-0.25, -0.2) is 4.98 Å². The number of rotatable bonds is 4. The predicted octanol–water partition coefficient (Wildman–Crippen LogP) is 3.17. The smallest absolute Gasteiger partial charge is 0.227 e. The first-order valence-corrected chi connectivity index (χ1v) is 11.5. The number of hydrogen-bond donors (Lipinski definition) is 0. The van der Waals surface area contributed by atoms with E-state index in [0.717, 1.165) is 71.4 Å². The van der Waals surface area contributed by atoms with Gasteiger partial charge < -0.3 is 14.5 Å². The largest absolute Gasteiger partial charge is 0.378 e. The standard InChI is InChI=1S/C24H33N5O/c1-19-6-5-7-20(16-19)17-27-11-8-22-21(18-27)23(28-9-3-2-4-10-28)26-24(25-22)29-12-14-30-15-13-29/h5-7,16H,2-4,8-15,17-18H2,1H3. The van der Waals surface area contributed by atoms with Crippen molar-refractivity contribution in [3.05, 3.63) is 46.6 Å². The van der Waals surface area contributed by atoms with E-state index in [9.17, 15) is 0 Å². The van der Waals surface area contributed by atoms with Gasteiger partial charge in [-0.15, -0.1) is 0 Å². The van der Waals surface area contributed by atoms with Gasteiger partial charge in [0.2, 0.25) is 5.95 Å². The van der Waals surface area contributed by atoms with Crippen LogP contribution in [-0.2, 0) is 24.2 Å². The molecule has 0 aliphatic carbocycles. The Bertz CT molecular complexity index is 874. The van der Waals surface area contributed by atoms with E-state index in [1.54, 1.807) is 0 Å². The SMILES string of the molecule is Cc1cccc(CN2CCc3nc(N4CCOCC4)nc(N4CCCCC4)c3C2)c1. The molecular formula is C24H33N5O. The molecule has 0 radical (unpaired) electrons. The van der Waals surface area contributed by atoms with Crippen LogP contribution in [0.4, 0.5) is 11.8 Å². The minimum Gasteiger partial charge on any atom is -0.378 e. The fraction of sp³-hybridized carbons (Fsp3) is 0.583. The summed E-state index contributed by atoms with van der Waals surface area (Å²) in [6, 6.07) is 8.88. The summed E-state index contributed by atoms with van der Waals surface area (Å²) in [4.78, 5) is 17.6. The molecule has 6 heteroatoms. The topological polar surface area (TPSA) is 44.7 Å². The van der Waals surface area contributed by atoms with Crippen LogP contribution in [0.2, 0.25) is 0 Å². The highest BCUT2D eigenvalue weighted by Crippen LogP contribution is 2.31.